The van der Waals surface area contributed by atoms with Gasteiger partial charge in [-0.05, 0) is 27.3 Å². The van der Waals surface area contributed by atoms with Crippen molar-refractivity contribution in [2.45, 2.75) is 32.7 Å². The average Bonchev–Trinajstić information content (AvgIpc) is 2.14. The Morgan fingerprint density at radius 2 is 1.93 bits per heavy atom. The number of nitrogens with one attached hydrogen (secondary N) is 1. The maximum Gasteiger partial charge on any atom is 0.0589 e. The molecule has 3 nitrogen and oxygen atoms in total. The summed E-state index contributed by atoms with van der Waals surface area (Å²) in [4.78, 5) is 2.28. The third kappa shape index (κ3) is 7.30. The molecule has 0 aromatic rings. The molecule has 0 aromatic heterocycles. The highest BCUT2D eigenvalue weighted by molar-refractivity contribution is 4.75. The van der Waals surface area contributed by atoms with E-state index in [9.17, 15) is 0 Å². The van der Waals surface area contributed by atoms with E-state index < -0.39 is 0 Å². The predicted molar refractivity (Wildman–Crippen MR) is 61.7 cm³/mol. The highest BCUT2D eigenvalue weighted by atomic mass is 16.5. The summed E-state index contributed by atoms with van der Waals surface area (Å²) in [6.07, 6.45) is 1.16. The maximum atomic E-state index is 5.02. The summed E-state index contributed by atoms with van der Waals surface area (Å²) < 4.78 is 5.02. The quantitative estimate of drug-likeness (QED) is 0.643. The van der Waals surface area contributed by atoms with Crippen molar-refractivity contribution in [1.29, 1.82) is 0 Å². The van der Waals surface area contributed by atoms with Gasteiger partial charge in [-0.25, -0.2) is 0 Å². The van der Waals surface area contributed by atoms with E-state index in [0.717, 1.165) is 32.7 Å². The van der Waals surface area contributed by atoms with E-state index in [1.807, 2.05) is 0 Å². The first kappa shape index (κ1) is 13.9. The fourth-order valence-electron chi connectivity index (χ4n) is 1.07. The minimum Gasteiger partial charge on any atom is -0.383 e. The van der Waals surface area contributed by atoms with Crippen molar-refractivity contribution in [3.05, 3.63) is 0 Å². The van der Waals surface area contributed by atoms with Gasteiger partial charge < -0.3 is 15.0 Å². The van der Waals surface area contributed by atoms with Gasteiger partial charge in [-0.2, -0.15) is 0 Å². The molecular formula is C11H26N2O. The third-order valence-electron chi connectivity index (χ3n) is 2.66. The summed E-state index contributed by atoms with van der Waals surface area (Å²) in [6, 6.07) is 0. The van der Waals surface area contributed by atoms with Gasteiger partial charge in [-0.3, -0.25) is 0 Å². The van der Waals surface area contributed by atoms with Gasteiger partial charge in [-0.1, -0.05) is 6.92 Å². The highest BCUT2D eigenvalue weighted by Gasteiger charge is 2.12. The van der Waals surface area contributed by atoms with E-state index in [2.05, 4.69) is 38.0 Å². The minimum atomic E-state index is 0.266. The van der Waals surface area contributed by atoms with Crippen LogP contribution in [0.1, 0.15) is 27.2 Å². The number of hydrogen-bond acceptors (Lipinski definition) is 3. The van der Waals surface area contributed by atoms with Crippen molar-refractivity contribution in [1.82, 2.24) is 10.2 Å². The van der Waals surface area contributed by atoms with Crippen molar-refractivity contribution < 1.29 is 4.74 Å². The van der Waals surface area contributed by atoms with E-state index in [1.165, 1.54) is 0 Å². The van der Waals surface area contributed by atoms with Crippen molar-refractivity contribution >= 4 is 0 Å². The lowest BCUT2D eigenvalue weighted by Gasteiger charge is -2.26. The Morgan fingerprint density at radius 1 is 1.29 bits per heavy atom. The molecule has 0 aromatic carbocycles. The fourth-order valence-corrected chi connectivity index (χ4v) is 1.07. The zero-order valence-corrected chi connectivity index (χ0v) is 10.4. The zero-order chi connectivity index (χ0) is 11.0. The number of ether oxygens (including phenoxy) is 1. The third-order valence-corrected chi connectivity index (χ3v) is 2.66. The number of methoxy groups -OCH3 is 1. The van der Waals surface area contributed by atoms with Crippen molar-refractivity contribution in [2.75, 3.05) is 40.4 Å². The van der Waals surface area contributed by atoms with Crippen molar-refractivity contribution in [2.24, 2.45) is 0 Å². The lowest BCUT2D eigenvalue weighted by molar-refractivity contribution is 0.160. The molecule has 0 atom stereocenters. The summed E-state index contributed by atoms with van der Waals surface area (Å²) in [5, 5.41) is 3.53. The lowest BCUT2D eigenvalue weighted by Crippen LogP contribution is -2.42. The maximum absolute atomic E-state index is 5.02. The molecule has 0 unspecified atom stereocenters. The normalized spacial score (nSPS) is 12.4. The summed E-state index contributed by atoms with van der Waals surface area (Å²) in [5.41, 5.74) is 0.266. The predicted octanol–water partition coefficient (Wildman–Crippen LogP) is 1.34. The molecule has 3 heteroatoms. The monoisotopic (exact) mass is 202 g/mol. The molecule has 86 valence electrons. The highest BCUT2D eigenvalue weighted by Crippen LogP contribution is 2.05. The van der Waals surface area contributed by atoms with Crippen LogP contribution < -0.4 is 5.32 Å². The molecule has 0 fully saturated rings. The molecule has 0 radical (unpaired) electrons. The molecule has 0 amide bonds. The first-order chi connectivity index (χ1) is 6.52. The van der Waals surface area contributed by atoms with Crippen LogP contribution in [0.25, 0.3) is 0 Å². The second-order valence-corrected chi connectivity index (χ2v) is 4.46. The van der Waals surface area contributed by atoms with E-state index in [4.69, 9.17) is 4.74 Å². The number of rotatable bonds is 8. The molecule has 14 heavy (non-hydrogen) atoms. The molecule has 0 aliphatic heterocycles. The molecule has 1 N–H and O–H groups in total. The van der Waals surface area contributed by atoms with Gasteiger partial charge in [0.25, 0.3) is 0 Å². The van der Waals surface area contributed by atoms with Crippen LogP contribution in [-0.4, -0.2) is 50.8 Å². The molecule has 0 saturated heterocycles. The van der Waals surface area contributed by atoms with Gasteiger partial charge in [0, 0.05) is 32.3 Å². The number of likely N-dealkylation sites (N-methyl/N-ethyl adjacent to an activating group) is 1. The summed E-state index contributed by atoms with van der Waals surface area (Å²) in [5.74, 6) is 0. The Bertz CT molecular complexity index is 137. The Kier molecular flexibility index (Phi) is 7.15. The van der Waals surface area contributed by atoms with Crippen LogP contribution in [0.15, 0.2) is 0 Å². The molecular weight excluding hydrogens is 176 g/mol. The van der Waals surface area contributed by atoms with Crippen molar-refractivity contribution in [3.63, 3.8) is 0 Å². The number of nitrogens with zero attached hydrogens (tertiary/aromatic N) is 1. The molecule has 0 aliphatic carbocycles. The van der Waals surface area contributed by atoms with E-state index in [-0.39, 0.29) is 5.54 Å². The van der Waals surface area contributed by atoms with Gasteiger partial charge in [0.15, 0.2) is 0 Å². The first-order valence-electron chi connectivity index (χ1n) is 5.44. The molecule has 0 spiro atoms. The molecule has 0 bridgehead atoms. The van der Waals surface area contributed by atoms with Gasteiger partial charge in [0.2, 0.25) is 0 Å². The second kappa shape index (κ2) is 7.21. The summed E-state index contributed by atoms with van der Waals surface area (Å²) in [6.45, 7) is 10.6. The number of hydrogen-bond donors (Lipinski definition) is 1. The van der Waals surface area contributed by atoms with Crippen LogP contribution in [0.2, 0.25) is 0 Å². The largest absolute Gasteiger partial charge is 0.383 e. The molecule has 0 heterocycles. The Hall–Kier alpha value is -0.120. The SMILES string of the molecule is CCC(C)(C)NCCN(C)CCOC. The fraction of sp³-hybridized carbons (Fsp3) is 1.00. The average molecular weight is 202 g/mol. The molecule has 0 aliphatic rings. The van der Waals surface area contributed by atoms with E-state index >= 15 is 0 Å². The van der Waals surface area contributed by atoms with Gasteiger partial charge >= 0.3 is 0 Å². The Labute approximate surface area is 88.8 Å². The van der Waals surface area contributed by atoms with Crippen LogP contribution in [0.3, 0.4) is 0 Å². The van der Waals surface area contributed by atoms with Gasteiger partial charge in [-0.15, -0.1) is 0 Å². The van der Waals surface area contributed by atoms with E-state index in [0.29, 0.717) is 0 Å². The van der Waals surface area contributed by atoms with Crippen LogP contribution in [0.4, 0.5) is 0 Å². The Balaban J connectivity index is 3.43. The van der Waals surface area contributed by atoms with E-state index in [1.54, 1.807) is 7.11 Å². The minimum absolute atomic E-state index is 0.266. The van der Waals surface area contributed by atoms with Crippen molar-refractivity contribution in [3.8, 4) is 0 Å². The second-order valence-electron chi connectivity index (χ2n) is 4.46. The first-order valence-corrected chi connectivity index (χ1v) is 5.44. The van der Waals surface area contributed by atoms with Crippen LogP contribution >= 0.6 is 0 Å². The summed E-state index contributed by atoms with van der Waals surface area (Å²) in [7, 11) is 3.87. The van der Waals surface area contributed by atoms with Crippen LogP contribution in [0, 0.1) is 0 Å². The Morgan fingerprint density at radius 3 is 2.43 bits per heavy atom. The zero-order valence-electron chi connectivity index (χ0n) is 10.4. The smallest absolute Gasteiger partial charge is 0.0589 e. The van der Waals surface area contributed by atoms with Gasteiger partial charge in [0.05, 0.1) is 6.61 Å². The van der Waals surface area contributed by atoms with Crippen LogP contribution in [-0.2, 0) is 4.74 Å². The standard InChI is InChI=1S/C11H26N2O/c1-6-11(2,3)12-7-8-13(4)9-10-14-5/h12H,6-10H2,1-5H3. The topological polar surface area (TPSA) is 24.5 Å². The van der Waals surface area contributed by atoms with Crippen LogP contribution in [0.5, 0.6) is 0 Å². The lowest BCUT2D eigenvalue weighted by atomic mass is 10.0. The molecule has 0 saturated carbocycles. The van der Waals surface area contributed by atoms with Gasteiger partial charge in [0.1, 0.15) is 0 Å². The summed E-state index contributed by atoms with van der Waals surface area (Å²) >= 11 is 0. The molecule has 0 rings (SSSR count).